The number of carbonyl (C=O) groups is 1. The fourth-order valence-electron chi connectivity index (χ4n) is 1.30. The molecule has 3 heteroatoms. The third-order valence-electron chi connectivity index (χ3n) is 2.49. The van der Waals surface area contributed by atoms with Gasteiger partial charge in [0, 0.05) is 18.3 Å². The third kappa shape index (κ3) is 4.53. The minimum atomic E-state index is -0.437. The summed E-state index contributed by atoms with van der Waals surface area (Å²) in [5, 5.41) is 0. The zero-order chi connectivity index (χ0) is 13.4. The Morgan fingerprint density at radius 1 is 1.50 bits per heavy atom. The van der Waals surface area contributed by atoms with Crippen LogP contribution in [0.15, 0.2) is 41.9 Å². The van der Waals surface area contributed by atoms with Gasteiger partial charge in [0.25, 0.3) is 0 Å². The van der Waals surface area contributed by atoms with Gasteiger partial charge in [0.2, 0.25) is 0 Å². The molecule has 1 rings (SSSR count). The molecule has 1 atom stereocenters. The van der Waals surface area contributed by atoms with E-state index in [4.69, 9.17) is 4.74 Å². The van der Waals surface area contributed by atoms with Crippen molar-refractivity contribution in [2.45, 2.75) is 26.4 Å². The molecule has 0 amide bonds. The van der Waals surface area contributed by atoms with Crippen molar-refractivity contribution < 1.29 is 9.53 Å². The van der Waals surface area contributed by atoms with Crippen LogP contribution in [0.4, 0.5) is 0 Å². The lowest BCUT2D eigenvalue weighted by atomic mass is 10.2. The number of para-hydroxylation sites is 1. The van der Waals surface area contributed by atoms with Crippen LogP contribution in [-0.4, -0.2) is 24.6 Å². The molecule has 96 valence electrons. The lowest BCUT2D eigenvalue weighted by Crippen LogP contribution is -2.21. The van der Waals surface area contributed by atoms with Crippen molar-refractivity contribution in [2.75, 3.05) is 6.54 Å². The van der Waals surface area contributed by atoms with Crippen LogP contribution in [-0.2, 0) is 4.79 Å². The number of hydrogen-bond acceptors (Lipinski definition) is 3. The summed E-state index contributed by atoms with van der Waals surface area (Å²) in [5.41, 5.74) is 0.884. The first-order valence-corrected chi connectivity index (χ1v) is 6.02. The van der Waals surface area contributed by atoms with E-state index in [1.807, 2.05) is 30.3 Å². The molecule has 0 saturated carbocycles. The Kier molecular flexibility index (Phi) is 5.85. The highest BCUT2D eigenvalue weighted by Crippen LogP contribution is 2.17. The molecule has 0 fully saturated rings. The van der Waals surface area contributed by atoms with Gasteiger partial charge in [-0.25, -0.2) is 0 Å². The van der Waals surface area contributed by atoms with E-state index in [0.717, 1.165) is 12.0 Å². The maximum atomic E-state index is 11.2. The van der Waals surface area contributed by atoms with Gasteiger partial charge in [-0.05, 0) is 32.4 Å². The number of aliphatic imine (C=N–C) groups is 1. The molecule has 0 spiro atoms. The number of ether oxygens (including phenoxy) is 1. The summed E-state index contributed by atoms with van der Waals surface area (Å²) in [6, 6.07) is 7.55. The Morgan fingerprint density at radius 3 is 2.89 bits per heavy atom. The predicted octanol–water partition coefficient (Wildman–Crippen LogP) is 3.04. The van der Waals surface area contributed by atoms with Gasteiger partial charge in [0.05, 0.1) is 0 Å². The Bertz CT molecular complexity index is 438. The van der Waals surface area contributed by atoms with E-state index in [9.17, 15) is 4.79 Å². The van der Waals surface area contributed by atoms with Gasteiger partial charge in [-0.15, -0.1) is 6.58 Å². The molecule has 0 radical (unpaired) electrons. The number of nitrogens with zero attached hydrogens (tertiary/aromatic N) is 1. The minimum Gasteiger partial charge on any atom is -0.482 e. The largest absolute Gasteiger partial charge is 0.482 e. The second-order valence-electron chi connectivity index (χ2n) is 4.02. The molecule has 0 aliphatic heterocycles. The van der Waals surface area contributed by atoms with Crippen LogP contribution in [0.5, 0.6) is 5.75 Å². The van der Waals surface area contributed by atoms with Crippen molar-refractivity contribution in [1.82, 2.24) is 0 Å². The Labute approximate surface area is 108 Å². The van der Waals surface area contributed by atoms with E-state index in [1.165, 1.54) is 6.92 Å². The first-order chi connectivity index (χ1) is 8.65. The van der Waals surface area contributed by atoms with Crippen molar-refractivity contribution >= 4 is 12.0 Å². The van der Waals surface area contributed by atoms with E-state index >= 15 is 0 Å². The van der Waals surface area contributed by atoms with Crippen LogP contribution >= 0.6 is 0 Å². The lowest BCUT2D eigenvalue weighted by Gasteiger charge is -2.13. The highest BCUT2D eigenvalue weighted by molar-refractivity contribution is 5.84. The Hall–Kier alpha value is -1.90. The normalized spacial score (nSPS) is 12.3. The minimum absolute atomic E-state index is 0.00778. The summed E-state index contributed by atoms with van der Waals surface area (Å²) in [4.78, 5) is 15.5. The SMILES string of the molecule is C=CCCN=Cc1ccccc1OC(C)C(C)=O. The van der Waals surface area contributed by atoms with E-state index in [2.05, 4.69) is 11.6 Å². The molecule has 0 aromatic heterocycles. The van der Waals surface area contributed by atoms with Gasteiger partial charge >= 0.3 is 0 Å². The second kappa shape index (κ2) is 7.43. The van der Waals surface area contributed by atoms with Crippen molar-refractivity contribution in [2.24, 2.45) is 4.99 Å². The molecule has 0 N–H and O–H groups in total. The molecular weight excluding hydrogens is 226 g/mol. The first kappa shape index (κ1) is 14.2. The van der Waals surface area contributed by atoms with Gasteiger partial charge in [-0.2, -0.15) is 0 Å². The number of benzene rings is 1. The maximum Gasteiger partial charge on any atom is 0.169 e. The number of Topliss-reactive ketones (excluding diaryl/α,β-unsaturated/α-hetero) is 1. The van der Waals surface area contributed by atoms with Gasteiger partial charge in [-0.3, -0.25) is 9.79 Å². The van der Waals surface area contributed by atoms with E-state index in [-0.39, 0.29) is 5.78 Å². The van der Waals surface area contributed by atoms with E-state index in [0.29, 0.717) is 12.3 Å². The number of rotatable bonds is 7. The van der Waals surface area contributed by atoms with Crippen LogP contribution in [0.3, 0.4) is 0 Å². The highest BCUT2D eigenvalue weighted by atomic mass is 16.5. The fraction of sp³-hybridized carbons (Fsp3) is 0.333. The van der Waals surface area contributed by atoms with Gasteiger partial charge < -0.3 is 4.74 Å². The van der Waals surface area contributed by atoms with Crippen molar-refractivity contribution in [3.05, 3.63) is 42.5 Å². The van der Waals surface area contributed by atoms with Gasteiger partial charge in [-0.1, -0.05) is 18.2 Å². The van der Waals surface area contributed by atoms with Crippen LogP contribution in [0, 0.1) is 0 Å². The van der Waals surface area contributed by atoms with E-state index in [1.54, 1.807) is 13.1 Å². The predicted molar refractivity (Wildman–Crippen MR) is 74.5 cm³/mol. The monoisotopic (exact) mass is 245 g/mol. The molecule has 1 aromatic carbocycles. The topological polar surface area (TPSA) is 38.7 Å². The van der Waals surface area contributed by atoms with Crippen molar-refractivity contribution in [3.8, 4) is 5.75 Å². The van der Waals surface area contributed by atoms with Crippen LogP contribution in [0.1, 0.15) is 25.8 Å². The number of hydrogen-bond donors (Lipinski definition) is 0. The van der Waals surface area contributed by atoms with Crippen LogP contribution in [0.25, 0.3) is 0 Å². The average molecular weight is 245 g/mol. The van der Waals surface area contributed by atoms with Crippen LogP contribution < -0.4 is 4.74 Å². The Morgan fingerprint density at radius 2 is 2.22 bits per heavy atom. The van der Waals surface area contributed by atoms with Crippen molar-refractivity contribution in [1.29, 1.82) is 0 Å². The summed E-state index contributed by atoms with van der Waals surface area (Å²) < 4.78 is 5.60. The molecule has 18 heavy (non-hydrogen) atoms. The Balaban J connectivity index is 2.76. The lowest BCUT2D eigenvalue weighted by molar-refractivity contribution is -0.122. The molecule has 0 heterocycles. The molecule has 0 aliphatic carbocycles. The zero-order valence-electron chi connectivity index (χ0n) is 10.9. The zero-order valence-corrected chi connectivity index (χ0v) is 10.9. The summed E-state index contributed by atoms with van der Waals surface area (Å²) in [5.74, 6) is 0.691. The molecular formula is C15H19NO2. The van der Waals surface area contributed by atoms with E-state index < -0.39 is 6.10 Å². The summed E-state index contributed by atoms with van der Waals surface area (Å²) >= 11 is 0. The molecule has 0 bridgehead atoms. The second-order valence-corrected chi connectivity index (χ2v) is 4.02. The number of ketones is 1. The quantitative estimate of drug-likeness (QED) is 0.421. The molecule has 0 aliphatic rings. The highest BCUT2D eigenvalue weighted by Gasteiger charge is 2.10. The molecule has 1 aromatic rings. The summed E-state index contributed by atoms with van der Waals surface area (Å²) in [7, 11) is 0. The third-order valence-corrected chi connectivity index (χ3v) is 2.49. The summed E-state index contributed by atoms with van der Waals surface area (Å²) in [6.45, 7) is 7.62. The first-order valence-electron chi connectivity index (χ1n) is 6.02. The average Bonchev–Trinajstić information content (AvgIpc) is 2.36. The maximum absolute atomic E-state index is 11.2. The smallest absolute Gasteiger partial charge is 0.169 e. The summed E-state index contributed by atoms with van der Waals surface area (Å²) in [6.07, 6.45) is 4.01. The van der Waals surface area contributed by atoms with Gasteiger partial charge in [0.1, 0.15) is 5.75 Å². The van der Waals surface area contributed by atoms with Gasteiger partial charge in [0.15, 0.2) is 11.9 Å². The van der Waals surface area contributed by atoms with Crippen LogP contribution in [0.2, 0.25) is 0 Å². The number of carbonyl (C=O) groups excluding carboxylic acids is 1. The fourth-order valence-corrected chi connectivity index (χ4v) is 1.30. The standard InChI is InChI=1S/C15H19NO2/c1-4-5-10-16-11-14-8-6-7-9-15(14)18-13(3)12(2)17/h4,6-9,11,13H,1,5,10H2,2-3H3. The molecule has 1 unspecified atom stereocenters. The van der Waals surface area contributed by atoms with Crippen molar-refractivity contribution in [3.63, 3.8) is 0 Å². The molecule has 0 saturated heterocycles. The molecule has 3 nitrogen and oxygen atoms in total.